The fourth-order valence-electron chi connectivity index (χ4n) is 2.65. The van der Waals surface area contributed by atoms with Gasteiger partial charge >= 0.3 is 6.03 Å². The minimum Gasteiger partial charge on any atom is -0.464 e. The van der Waals surface area contributed by atoms with Crippen molar-refractivity contribution in [2.45, 2.75) is 13.5 Å². The molecule has 2 heterocycles. The smallest absolute Gasteiger partial charge is 0.328 e. The van der Waals surface area contributed by atoms with Crippen LogP contribution in [0.2, 0.25) is 5.02 Å². The molecule has 2 aromatic carbocycles. The largest absolute Gasteiger partial charge is 0.464 e. The van der Waals surface area contributed by atoms with Crippen molar-refractivity contribution in [3.8, 4) is 0 Å². The fraction of sp³-hybridized carbons (Fsp3) is 0.100. The van der Waals surface area contributed by atoms with Crippen LogP contribution in [0.4, 0.5) is 15.6 Å². The van der Waals surface area contributed by atoms with Crippen LogP contribution in [0.1, 0.15) is 11.5 Å². The van der Waals surface area contributed by atoms with E-state index in [0.717, 1.165) is 16.0 Å². The summed E-state index contributed by atoms with van der Waals surface area (Å²) in [6, 6.07) is 18.2. The molecule has 4 rings (SSSR count). The lowest BCUT2D eigenvalue weighted by molar-refractivity contribution is 0.256. The normalized spacial score (nSPS) is 10.9. The summed E-state index contributed by atoms with van der Waals surface area (Å²) in [5.41, 5.74) is 1.52. The van der Waals surface area contributed by atoms with Gasteiger partial charge in [-0.05, 0) is 55.5 Å². The molecule has 7 heteroatoms. The Bertz CT molecular complexity index is 1060. The third-order valence-corrected chi connectivity index (χ3v) is 5.28. The van der Waals surface area contributed by atoms with Gasteiger partial charge in [0, 0.05) is 10.7 Å². The van der Waals surface area contributed by atoms with Gasteiger partial charge in [0.15, 0.2) is 5.13 Å². The number of rotatable bonds is 4. The van der Waals surface area contributed by atoms with Gasteiger partial charge in [-0.15, -0.1) is 0 Å². The molecule has 5 nitrogen and oxygen atoms in total. The maximum atomic E-state index is 13.0. The van der Waals surface area contributed by atoms with Crippen LogP contribution in [0.25, 0.3) is 10.2 Å². The summed E-state index contributed by atoms with van der Waals surface area (Å²) in [5.74, 6) is 1.49. The zero-order valence-corrected chi connectivity index (χ0v) is 16.1. The average Bonchev–Trinajstić information content (AvgIpc) is 3.27. The lowest BCUT2D eigenvalue weighted by atomic mass is 10.3. The van der Waals surface area contributed by atoms with E-state index in [1.165, 1.54) is 11.3 Å². The van der Waals surface area contributed by atoms with Gasteiger partial charge in [0.1, 0.15) is 11.5 Å². The lowest BCUT2D eigenvalue weighted by Crippen LogP contribution is -2.34. The van der Waals surface area contributed by atoms with Gasteiger partial charge in [-0.25, -0.2) is 9.78 Å². The molecule has 0 aliphatic rings. The Kier molecular flexibility index (Phi) is 4.83. The number of benzene rings is 2. The fourth-order valence-corrected chi connectivity index (χ4v) is 3.74. The second-order valence-corrected chi connectivity index (χ2v) is 7.45. The monoisotopic (exact) mass is 397 g/mol. The molecular formula is C20H16ClN3O2S. The van der Waals surface area contributed by atoms with Gasteiger partial charge in [-0.3, -0.25) is 4.90 Å². The summed E-state index contributed by atoms with van der Waals surface area (Å²) >= 11 is 7.38. The highest BCUT2D eigenvalue weighted by Gasteiger charge is 2.21. The molecule has 1 N–H and O–H groups in total. The highest BCUT2D eigenvalue weighted by atomic mass is 35.5. The van der Waals surface area contributed by atoms with Crippen molar-refractivity contribution in [2.24, 2.45) is 0 Å². The Morgan fingerprint density at radius 2 is 1.93 bits per heavy atom. The number of aryl methyl sites for hydroxylation is 1. The maximum absolute atomic E-state index is 13.0. The standard InChI is InChI=1S/C20H16ClN3O2S/c1-13-6-11-16(26-13)12-24(19(25)22-15-9-7-14(21)8-10-15)20-23-17-4-2-3-5-18(17)27-20/h2-11H,12H2,1H3,(H,22,25). The van der Waals surface area contributed by atoms with Gasteiger partial charge in [-0.1, -0.05) is 35.1 Å². The van der Waals surface area contributed by atoms with E-state index in [9.17, 15) is 4.79 Å². The Hall–Kier alpha value is -2.83. The second-order valence-electron chi connectivity index (χ2n) is 6.00. The number of anilines is 2. The molecule has 27 heavy (non-hydrogen) atoms. The first-order valence-corrected chi connectivity index (χ1v) is 9.53. The number of carbonyl (C=O) groups excluding carboxylic acids is 1. The molecular weight excluding hydrogens is 382 g/mol. The molecule has 2 amide bonds. The van der Waals surface area contributed by atoms with Gasteiger partial charge in [0.05, 0.1) is 16.8 Å². The summed E-state index contributed by atoms with van der Waals surface area (Å²) in [7, 11) is 0. The summed E-state index contributed by atoms with van der Waals surface area (Å²) in [4.78, 5) is 19.2. The zero-order chi connectivity index (χ0) is 18.8. The van der Waals surface area contributed by atoms with Crippen LogP contribution in [0, 0.1) is 6.92 Å². The number of thiazole rings is 1. The number of hydrogen-bond donors (Lipinski definition) is 1. The molecule has 136 valence electrons. The summed E-state index contributed by atoms with van der Waals surface area (Å²) in [6.45, 7) is 2.16. The first-order valence-electron chi connectivity index (χ1n) is 8.33. The van der Waals surface area contributed by atoms with Crippen LogP contribution in [0.15, 0.2) is 65.1 Å². The van der Waals surface area contributed by atoms with Crippen LogP contribution in [0.3, 0.4) is 0 Å². The molecule has 0 aliphatic heterocycles. The highest BCUT2D eigenvalue weighted by molar-refractivity contribution is 7.22. The van der Waals surface area contributed by atoms with E-state index in [1.54, 1.807) is 29.2 Å². The van der Waals surface area contributed by atoms with Crippen molar-refractivity contribution in [3.05, 3.63) is 77.2 Å². The molecule has 4 aromatic rings. The number of nitrogens with one attached hydrogen (secondary N) is 1. The van der Waals surface area contributed by atoms with E-state index in [0.29, 0.717) is 21.6 Å². The molecule has 0 aliphatic carbocycles. The number of furan rings is 1. The third-order valence-electron chi connectivity index (χ3n) is 3.96. The van der Waals surface area contributed by atoms with Gasteiger partial charge in [0.25, 0.3) is 0 Å². The second kappa shape index (κ2) is 7.42. The first-order chi connectivity index (χ1) is 13.1. The van der Waals surface area contributed by atoms with Crippen LogP contribution in [0.5, 0.6) is 0 Å². The predicted octanol–water partition coefficient (Wildman–Crippen LogP) is 6.09. The topological polar surface area (TPSA) is 58.4 Å². The minimum absolute atomic E-state index is 0.285. The molecule has 0 spiro atoms. The van der Waals surface area contributed by atoms with Gasteiger partial charge < -0.3 is 9.73 Å². The van der Waals surface area contributed by atoms with Crippen molar-refractivity contribution >= 4 is 50.0 Å². The third kappa shape index (κ3) is 3.97. The summed E-state index contributed by atoms with van der Waals surface area (Å²) in [5, 5.41) is 4.11. The van der Waals surface area contributed by atoms with E-state index in [4.69, 9.17) is 16.0 Å². The molecule has 0 unspecified atom stereocenters. The number of fused-ring (bicyclic) bond motifs is 1. The number of halogens is 1. The molecule has 0 saturated carbocycles. The molecule has 0 saturated heterocycles. The highest BCUT2D eigenvalue weighted by Crippen LogP contribution is 2.30. The van der Waals surface area contributed by atoms with Gasteiger partial charge in [-0.2, -0.15) is 0 Å². The molecule has 0 fully saturated rings. The number of aromatic nitrogens is 1. The molecule has 0 atom stereocenters. The summed E-state index contributed by atoms with van der Waals surface area (Å²) in [6.07, 6.45) is 0. The number of hydrogen-bond acceptors (Lipinski definition) is 4. The average molecular weight is 398 g/mol. The number of carbonyl (C=O) groups is 1. The Morgan fingerprint density at radius 1 is 1.15 bits per heavy atom. The van der Waals surface area contributed by atoms with Crippen LogP contribution < -0.4 is 10.2 Å². The number of nitrogens with zero attached hydrogens (tertiary/aromatic N) is 2. The van der Waals surface area contributed by atoms with Crippen LogP contribution in [-0.2, 0) is 6.54 Å². The molecule has 0 radical (unpaired) electrons. The number of amides is 2. The van der Waals surface area contributed by atoms with E-state index < -0.39 is 0 Å². The van der Waals surface area contributed by atoms with Crippen molar-refractivity contribution in [3.63, 3.8) is 0 Å². The minimum atomic E-state index is -0.287. The first kappa shape index (κ1) is 17.6. The Balaban J connectivity index is 1.66. The SMILES string of the molecule is Cc1ccc(CN(C(=O)Nc2ccc(Cl)cc2)c2nc3ccccc3s2)o1. The van der Waals surface area contributed by atoms with Crippen LogP contribution >= 0.6 is 22.9 Å². The van der Waals surface area contributed by atoms with Gasteiger partial charge in [0.2, 0.25) is 0 Å². The summed E-state index contributed by atoms with van der Waals surface area (Å²) < 4.78 is 6.68. The molecule has 0 bridgehead atoms. The van der Waals surface area contributed by atoms with Crippen molar-refractivity contribution < 1.29 is 9.21 Å². The van der Waals surface area contributed by atoms with Crippen molar-refractivity contribution in [2.75, 3.05) is 10.2 Å². The predicted molar refractivity (Wildman–Crippen MR) is 110 cm³/mol. The van der Waals surface area contributed by atoms with Crippen molar-refractivity contribution in [1.29, 1.82) is 0 Å². The lowest BCUT2D eigenvalue weighted by Gasteiger charge is -2.19. The van der Waals surface area contributed by atoms with E-state index in [-0.39, 0.29) is 12.6 Å². The zero-order valence-electron chi connectivity index (χ0n) is 14.5. The number of para-hydroxylation sites is 1. The van der Waals surface area contributed by atoms with E-state index >= 15 is 0 Å². The maximum Gasteiger partial charge on any atom is 0.328 e. The Morgan fingerprint density at radius 3 is 2.63 bits per heavy atom. The van der Waals surface area contributed by atoms with E-state index in [2.05, 4.69) is 10.3 Å². The number of urea groups is 1. The molecule has 2 aromatic heterocycles. The van der Waals surface area contributed by atoms with E-state index in [1.807, 2.05) is 43.3 Å². The van der Waals surface area contributed by atoms with Crippen LogP contribution in [-0.4, -0.2) is 11.0 Å². The quantitative estimate of drug-likeness (QED) is 0.453. The van der Waals surface area contributed by atoms with Crippen molar-refractivity contribution in [1.82, 2.24) is 4.98 Å². The Labute approximate surface area is 165 Å².